The summed E-state index contributed by atoms with van der Waals surface area (Å²) in [5, 5.41) is 4.12. The van der Waals surface area contributed by atoms with Crippen LogP contribution < -0.4 is 10.2 Å². The Hall–Kier alpha value is -2.86. The van der Waals surface area contributed by atoms with Crippen molar-refractivity contribution in [2.75, 3.05) is 38.1 Å². The monoisotopic (exact) mass is 349 g/mol. The van der Waals surface area contributed by atoms with Crippen molar-refractivity contribution in [3.63, 3.8) is 0 Å². The molecule has 26 heavy (non-hydrogen) atoms. The first-order valence-electron chi connectivity index (χ1n) is 8.93. The molecule has 1 aliphatic rings. The third kappa shape index (κ3) is 3.28. The molecule has 6 nitrogen and oxygen atoms in total. The van der Waals surface area contributed by atoms with Crippen LogP contribution in [0.1, 0.15) is 16.1 Å². The van der Waals surface area contributed by atoms with Crippen LogP contribution in [0.15, 0.2) is 48.8 Å². The van der Waals surface area contributed by atoms with Gasteiger partial charge < -0.3 is 20.1 Å². The Morgan fingerprint density at radius 2 is 1.96 bits per heavy atom. The second-order valence-electron chi connectivity index (χ2n) is 6.73. The maximum Gasteiger partial charge on any atom is 0.270 e. The number of hydrogen-bond donors (Lipinski definition) is 2. The number of aromatic amines is 1. The Labute approximate surface area is 152 Å². The second kappa shape index (κ2) is 7.17. The van der Waals surface area contributed by atoms with Crippen LogP contribution in [0.5, 0.6) is 0 Å². The zero-order valence-corrected chi connectivity index (χ0v) is 14.9. The van der Waals surface area contributed by atoms with E-state index in [-0.39, 0.29) is 5.91 Å². The van der Waals surface area contributed by atoms with E-state index in [1.165, 1.54) is 0 Å². The molecule has 1 amide bonds. The van der Waals surface area contributed by atoms with Crippen molar-refractivity contribution in [1.29, 1.82) is 0 Å². The molecule has 0 saturated carbocycles. The van der Waals surface area contributed by atoms with E-state index in [1.807, 2.05) is 30.3 Å². The van der Waals surface area contributed by atoms with Crippen LogP contribution in [0.25, 0.3) is 10.9 Å². The van der Waals surface area contributed by atoms with E-state index in [9.17, 15) is 4.79 Å². The number of H-pyrrole nitrogens is 1. The lowest BCUT2D eigenvalue weighted by molar-refractivity contribution is 0.0947. The molecule has 134 valence electrons. The third-order valence-corrected chi connectivity index (χ3v) is 4.90. The van der Waals surface area contributed by atoms with Crippen molar-refractivity contribution in [2.45, 2.75) is 6.54 Å². The Bertz CT molecular complexity index is 897. The van der Waals surface area contributed by atoms with Gasteiger partial charge in [-0.2, -0.15) is 0 Å². The molecule has 0 aliphatic carbocycles. The Morgan fingerprint density at radius 3 is 2.73 bits per heavy atom. The number of para-hydroxylation sites is 1. The fraction of sp³-hybridized carbons (Fsp3) is 0.300. The van der Waals surface area contributed by atoms with Gasteiger partial charge in [-0.25, -0.2) is 0 Å². The number of nitrogens with one attached hydrogen (secondary N) is 2. The molecular weight excluding hydrogens is 326 g/mol. The number of carbonyl (C=O) groups excluding carboxylic acids is 1. The van der Waals surface area contributed by atoms with Gasteiger partial charge in [-0.3, -0.25) is 9.78 Å². The first-order chi connectivity index (χ1) is 12.7. The molecule has 0 bridgehead atoms. The van der Waals surface area contributed by atoms with Crippen molar-refractivity contribution in [3.8, 4) is 0 Å². The summed E-state index contributed by atoms with van der Waals surface area (Å²) in [5.41, 5.74) is 3.63. The summed E-state index contributed by atoms with van der Waals surface area (Å²) in [7, 11) is 2.13. The molecule has 1 saturated heterocycles. The zero-order chi connectivity index (χ0) is 17.9. The third-order valence-electron chi connectivity index (χ3n) is 4.90. The molecule has 0 unspecified atom stereocenters. The summed E-state index contributed by atoms with van der Waals surface area (Å²) in [6.45, 7) is 4.29. The van der Waals surface area contributed by atoms with Crippen LogP contribution >= 0.6 is 0 Å². The van der Waals surface area contributed by atoms with Gasteiger partial charge in [0.05, 0.1) is 5.69 Å². The van der Waals surface area contributed by atoms with Gasteiger partial charge in [-0.05, 0) is 24.7 Å². The second-order valence-corrected chi connectivity index (χ2v) is 6.73. The predicted octanol–water partition coefficient (Wildman–Crippen LogP) is 2.24. The Kier molecular flexibility index (Phi) is 4.58. The number of nitrogens with zero attached hydrogens (tertiary/aromatic N) is 3. The minimum Gasteiger partial charge on any atom is -0.367 e. The molecule has 0 spiro atoms. The highest BCUT2D eigenvalue weighted by molar-refractivity contribution is 6.08. The van der Waals surface area contributed by atoms with Crippen molar-refractivity contribution in [2.24, 2.45) is 0 Å². The number of aromatic nitrogens is 2. The minimum absolute atomic E-state index is 0.0843. The summed E-state index contributed by atoms with van der Waals surface area (Å²) in [4.78, 5) is 25.0. The largest absolute Gasteiger partial charge is 0.367 e. The fourth-order valence-electron chi connectivity index (χ4n) is 3.42. The van der Waals surface area contributed by atoms with Gasteiger partial charge in [0.2, 0.25) is 0 Å². The van der Waals surface area contributed by atoms with Gasteiger partial charge in [0.1, 0.15) is 5.69 Å². The number of amides is 1. The minimum atomic E-state index is -0.0843. The van der Waals surface area contributed by atoms with Gasteiger partial charge in [0.25, 0.3) is 5.91 Å². The van der Waals surface area contributed by atoms with E-state index in [2.05, 4.69) is 38.2 Å². The molecule has 3 heterocycles. The summed E-state index contributed by atoms with van der Waals surface area (Å²) in [5.74, 6) is -0.0843. The van der Waals surface area contributed by atoms with E-state index in [0.717, 1.165) is 48.3 Å². The first-order valence-corrected chi connectivity index (χ1v) is 8.93. The van der Waals surface area contributed by atoms with Crippen LogP contribution in [0.4, 0.5) is 5.69 Å². The summed E-state index contributed by atoms with van der Waals surface area (Å²) < 4.78 is 0. The van der Waals surface area contributed by atoms with Crippen LogP contribution in [-0.2, 0) is 6.54 Å². The number of benzene rings is 1. The van der Waals surface area contributed by atoms with Crippen LogP contribution in [0, 0.1) is 0 Å². The summed E-state index contributed by atoms with van der Waals surface area (Å²) >= 11 is 0. The average molecular weight is 349 g/mol. The molecule has 6 heteroatoms. The van der Waals surface area contributed by atoms with Crippen LogP contribution in [0.3, 0.4) is 0 Å². The number of hydrogen-bond acceptors (Lipinski definition) is 4. The molecule has 1 aliphatic heterocycles. The van der Waals surface area contributed by atoms with Gasteiger partial charge >= 0.3 is 0 Å². The van der Waals surface area contributed by atoms with Crippen LogP contribution in [-0.4, -0.2) is 54.0 Å². The van der Waals surface area contributed by atoms with E-state index >= 15 is 0 Å². The van der Waals surface area contributed by atoms with E-state index < -0.39 is 0 Å². The number of piperazine rings is 1. The first kappa shape index (κ1) is 16.6. The van der Waals surface area contributed by atoms with Gasteiger partial charge in [0, 0.05) is 56.0 Å². The molecule has 2 aromatic heterocycles. The van der Waals surface area contributed by atoms with Crippen LogP contribution in [0.2, 0.25) is 0 Å². The lowest BCUT2D eigenvalue weighted by atomic mass is 10.1. The van der Waals surface area contributed by atoms with Crippen molar-refractivity contribution in [1.82, 2.24) is 20.2 Å². The Morgan fingerprint density at radius 1 is 1.15 bits per heavy atom. The Balaban J connectivity index is 1.63. The normalized spacial score (nSPS) is 15.3. The standard InChI is InChI=1S/C20H23N5O/c1-24-9-11-25(12-10-24)19-16-6-2-3-7-17(16)23-18(19)20(26)22-14-15-5-4-8-21-13-15/h2-8,13,23H,9-12,14H2,1H3,(H,22,26). The molecule has 3 aromatic rings. The van der Waals surface area contributed by atoms with E-state index in [0.29, 0.717) is 12.2 Å². The lowest BCUT2D eigenvalue weighted by Gasteiger charge is -2.34. The average Bonchev–Trinajstić information content (AvgIpc) is 3.07. The highest BCUT2D eigenvalue weighted by Gasteiger charge is 2.24. The number of anilines is 1. The number of carbonyl (C=O) groups is 1. The number of likely N-dealkylation sites (N-methyl/N-ethyl adjacent to an activating group) is 1. The number of fused-ring (bicyclic) bond motifs is 1. The molecule has 2 N–H and O–H groups in total. The smallest absolute Gasteiger partial charge is 0.270 e. The number of rotatable bonds is 4. The highest BCUT2D eigenvalue weighted by atomic mass is 16.1. The maximum atomic E-state index is 12.9. The topological polar surface area (TPSA) is 64.3 Å². The van der Waals surface area contributed by atoms with E-state index in [4.69, 9.17) is 0 Å². The van der Waals surface area contributed by atoms with Gasteiger partial charge in [0.15, 0.2) is 0 Å². The van der Waals surface area contributed by atoms with Crippen molar-refractivity contribution >= 4 is 22.5 Å². The summed E-state index contributed by atoms with van der Waals surface area (Å²) in [6.07, 6.45) is 3.50. The van der Waals surface area contributed by atoms with Crippen molar-refractivity contribution in [3.05, 3.63) is 60.0 Å². The summed E-state index contributed by atoms with van der Waals surface area (Å²) in [6, 6.07) is 11.9. The molecule has 1 fully saturated rings. The number of pyridine rings is 1. The zero-order valence-electron chi connectivity index (χ0n) is 14.9. The maximum absolute atomic E-state index is 12.9. The van der Waals surface area contributed by atoms with Crippen molar-refractivity contribution < 1.29 is 4.79 Å². The van der Waals surface area contributed by atoms with E-state index in [1.54, 1.807) is 12.4 Å². The predicted molar refractivity (Wildman–Crippen MR) is 103 cm³/mol. The highest BCUT2D eigenvalue weighted by Crippen LogP contribution is 2.31. The quantitative estimate of drug-likeness (QED) is 0.758. The molecule has 0 atom stereocenters. The molecule has 1 aromatic carbocycles. The van der Waals surface area contributed by atoms with Gasteiger partial charge in [-0.1, -0.05) is 24.3 Å². The molecule has 0 radical (unpaired) electrons. The molecular formula is C20H23N5O. The molecule has 4 rings (SSSR count). The SMILES string of the molecule is CN1CCN(c2c(C(=O)NCc3cccnc3)[nH]c3ccccc23)CC1. The fourth-order valence-corrected chi connectivity index (χ4v) is 3.42. The lowest BCUT2D eigenvalue weighted by Crippen LogP contribution is -2.45. The van der Waals surface area contributed by atoms with Gasteiger partial charge in [-0.15, -0.1) is 0 Å².